The van der Waals surface area contributed by atoms with Gasteiger partial charge in [-0.2, -0.15) is 4.89 Å². The smallest absolute Gasteiger partial charge is 0.250 e. The molecule has 4 nitrogen and oxygen atoms in total. The van der Waals surface area contributed by atoms with Gasteiger partial charge in [-0.3, -0.25) is 0 Å². The third-order valence-corrected chi connectivity index (χ3v) is 11.1. The van der Waals surface area contributed by atoms with Crippen LogP contribution in [0.15, 0.2) is 24.3 Å². The summed E-state index contributed by atoms with van der Waals surface area (Å²) < 4.78 is 12.9. The maximum Gasteiger partial charge on any atom is 0.250 e. The highest BCUT2D eigenvalue weighted by Crippen LogP contribution is 2.69. The fourth-order valence-electron chi connectivity index (χ4n) is 3.99. The lowest BCUT2D eigenvalue weighted by molar-refractivity contribution is -0.628. The molecule has 27 heavy (non-hydrogen) atoms. The van der Waals surface area contributed by atoms with Crippen molar-refractivity contribution in [3.63, 3.8) is 0 Å². The number of rotatable bonds is 3. The minimum atomic E-state index is -1.93. The third-order valence-electron chi connectivity index (χ3n) is 6.74. The topological polar surface area (TPSA) is 36.9 Å². The van der Waals surface area contributed by atoms with Gasteiger partial charge in [0.25, 0.3) is 0 Å². The first kappa shape index (κ1) is 20.8. The van der Waals surface area contributed by atoms with Crippen LogP contribution in [0.1, 0.15) is 61.0 Å². The Bertz CT molecular complexity index is 729. The van der Waals surface area contributed by atoms with Gasteiger partial charge >= 0.3 is 0 Å². The van der Waals surface area contributed by atoms with Crippen molar-refractivity contribution in [3.8, 4) is 5.75 Å². The second kappa shape index (κ2) is 5.82. The van der Waals surface area contributed by atoms with Crippen LogP contribution in [0.3, 0.4) is 0 Å². The van der Waals surface area contributed by atoms with Gasteiger partial charge in [0.2, 0.25) is 14.1 Å². The van der Waals surface area contributed by atoms with Crippen molar-refractivity contribution in [2.24, 2.45) is 10.8 Å². The lowest BCUT2D eigenvalue weighted by Gasteiger charge is -2.60. The normalized spacial score (nSPS) is 30.6. The second-order valence-corrected chi connectivity index (χ2v) is 16.0. The Labute approximate surface area is 165 Å². The van der Waals surface area contributed by atoms with Crippen LogP contribution >= 0.6 is 0 Å². The molecular formula is C22H36O4Si. The Balaban J connectivity index is 2.06. The molecule has 2 saturated heterocycles. The maximum absolute atomic E-state index is 6.56. The molecule has 2 fully saturated rings. The molecule has 0 aliphatic carbocycles. The monoisotopic (exact) mass is 392 g/mol. The molecule has 2 heterocycles. The number of hydrogen-bond acceptors (Lipinski definition) is 4. The van der Waals surface area contributed by atoms with Crippen molar-refractivity contribution < 1.29 is 18.9 Å². The van der Waals surface area contributed by atoms with E-state index in [0.29, 0.717) is 6.61 Å². The van der Waals surface area contributed by atoms with E-state index in [1.54, 1.807) is 0 Å². The number of fused-ring (bicyclic) bond motifs is 1. The first-order valence-electron chi connectivity index (χ1n) is 9.90. The molecule has 2 atom stereocenters. The molecule has 5 heteroatoms. The van der Waals surface area contributed by atoms with Gasteiger partial charge in [-0.15, -0.1) is 0 Å². The molecular weight excluding hydrogens is 356 g/mol. The Morgan fingerprint density at radius 1 is 1.00 bits per heavy atom. The molecule has 0 bridgehead atoms. The Kier molecular flexibility index (Phi) is 4.49. The van der Waals surface area contributed by atoms with Crippen LogP contribution in [0, 0.1) is 10.8 Å². The van der Waals surface area contributed by atoms with E-state index in [0.717, 1.165) is 11.3 Å². The zero-order valence-corrected chi connectivity index (χ0v) is 19.6. The Hall–Kier alpha value is -0.883. The third kappa shape index (κ3) is 2.73. The quantitative estimate of drug-likeness (QED) is 0.465. The lowest BCUT2D eigenvalue weighted by Crippen LogP contribution is -2.71. The highest BCUT2D eigenvalue weighted by Gasteiger charge is 2.81. The minimum Gasteiger partial charge on any atom is -0.543 e. The molecule has 1 aromatic rings. The van der Waals surface area contributed by atoms with Crippen molar-refractivity contribution >= 4 is 8.32 Å². The zero-order valence-electron chi connectivity index (χ0n) is 18.6. The summed E-state index contributed by atoms with van der Waals surface area (Å²) in [7, 11) is -1.93. The number of ether oxygens (including phenoxy) is 1. The fourth-order valence-corrected chi connectivity index (χ4v) is 5.02. The predicted molar refractivity (Wildman–Crippen MR) is 110 cm³/mol. The highest BCUT2D eigenvalue weighted by atomic mass is 28.4. The first-order chi connectivity index (χ1) is 12.1. The molecule has 2 unspecified atom stereocenters. The van der Waals surface area contributed by atoms with Gasteiger partial charge in [0, 0.05) is 10.8 Å². The van der Waals surface area contributed by atoms with Crippen LogP contribution in [-0.4, -0.2) is 20.7 Å². The van der Waals surface area contributed by atoms with E-state index in [1.807, 2.05) is 6.07 Å². The van der Waals surface area contributed by atoms with Crippen LogP contribution < -0.4 is 4.43 Å². The molecule has 0 radical (unpaired) electrons. The van der Waals surface area contributed by atoms with Gasteiger partial charge in [-0.25, -0.2) is 4.89 Å². The molecule has 152 valence electrons. The van der Waals surface area contributed by atoms with Crippen LogP contribution in [0.5, 0.6) is 5.75 Å². The predicted octanol–water partition coefficient (Wildman–Crippen LogP) is 6.03. The molecule has 3 rings (SSSR count). The molecule has 1 aromatic carbocycles. The van der Waals surface area contributed by atoms with Gasteiger partial charge in [-0.1, -0.05) is 67.5 Å². The summed E-state index contributed by atoms with van der Waals surface area (Å²) in [6, 6.07) is 8.33. The average Bonchev–Trinajstić information content (AvgIpc) is 2.59. The van der Waals surface area contributed by atoms with Crippen molar-refractivity contribution in [1.29, 1.82) is 0 Å². The van der Waals surface area contributed by atoms with Gasteiger partial charge in [-0.05, 0) is 35.8 Å². The van der Waals surface area contributed by atoms with E-state index >= 15 is 0 Å². The molecule has 0 spiro atoms. The summed E-state index contributed by atoms with van der Waals surface area (Å²) in [5.41, 5.74) is -0.0727. The van der Waals surface area contributed by atoms with E-state index in [1.165, 1.54) is 0 Å². The first-order valence-corrected chi connectivity index (χ1v) is 12.8. The van der Waals surface area contributed by atoms with Crippen LogP contribution in [-0.2, 0) is 20.1 Å². The molecule has 2 aliphatic rings. The minimum absolute atomic E-state index is 0.141. The summed E-state index contributed by atoms with van der Waals surface area (Å²) in [4.78, 5) is 11.7. The van der Waals surface area contributed by atoms with Gasteiger partial charge in [0.05, 0.1) is 6.61 Å². The number of hydrogen-bond donors (Lipinski definition) is 0. The van der Waals surface area contributed by atoms with Crippen LogP contribution in [0.2, 0.25) is 18.1 Å². The molecule has 0 amide bonds. The summed E-state index contributed by atoms with van der Waals surface area (Å²) in [5.74, 6) is 0.0912. The van der Waals surface area contributed by atoms with Crippen LogP contribution in [0.25, 0.3) is 0 Å². The van der Waals surface area contributed by atoms with Crippen molar-refractivity contribution in [2.75, 3.05) is 6.61 Å². The summed E-state index contributed by atoms with van der Waals surface area (Å²) >= 11 is 0. The Morgan fingerprint density at radius 3 is 2.11 bits per heavy atom. The van der Waals surface area contributed by atoms with E-state index in [4.69, 9.17) is 18.9 Å². The van der Waals surface area contributed by atoms with E-state index < -0.39 is 19.7 Å². The second-order valence-electron chi connectivity index (χ2n) is 11.3. The average molecular weight is 393 g/mol. The summed E-state index contributed by atoms with van der Waals surface area (Å²) in [6.45, 7) is 22.7. The van der Waals surface area contributed by atoms with Crippen molar-refractivity contribution in [2.45, 2.75) is 84.9 Å². The zero-order chi connectivity index (χ0) is 20.5. The number of benzene rings is 1. The molecule has 0 N–H and O–H groups in total. The van der Waals surface area contributed by atoms with Crippen molar-refractivity contribution in [1.82, 2.24) is 0 Å². The van der Waals surface area contributed by atoms with Gasteiger partial charge in [0.1, 0.15) is 5.75 Å². The van der Waals surface area contributed by atoms with E-state index in [9.17, 15) is 0 Å². The lowest BCUT2D eigenvalue weighted by atomic mass is 9.61. The van der Waals surface area contributed by atoms with Crippen LogP contribution in [0.4, 0.5) is 0 Å². The SMILES string of the molecule is CC(C)(C)C12OCC(C)(C)C1(c1cccc(O[Si](C)(C)C(C)(C)C)c1)OO2. The Morgan fingerprint density at radius 2 is 1.63 bits per heavy atom. The van der Waals surface area contributed by atoms with Crippen molar-refractivity contribution in [3.05, 3.63) is 29.8 Å². The fraction of sp³-hybridized carbons (Fsp3) is 0.727. The standard InChI is InChI=1S/C22H36O4Si/c1-18(2,3)22-21(25-26-22,20(7,8)15-23-22)16-12-11-13-17(14-16)24-27(9,10)19(4,5)6/h11-14H,15H2,1-10H3. The van der Waals surface area contributed by atoms with E-state index in [2.05, 4.69) is 86.7 Å². The van der Waals surface area contributed by atoms with Gasteiger partial charge < -0.3 is 9.16 Å². The maximum atomic E-state index is 6.56. The largest absolute Gasteiger partial charge is 0.543 e. The van der Waals surface area contributed by atoms with E-state index in [-0.39, 0.29) is 15.9 Å². The molecule has 0 saturated carbocycles. The van der Waals surface area contributed by atoms with Gasteiger partial charge in [0.15, 0.2) is 5.60 Å². The molecule has 2 aliphatic heterocycles. The highest BCUT2D eigenvalue weighted by molar-refractivity contribution is 6.74. The summed E-state index contributed by atoms with van der Waals surface area (Å²) in [5, 5.41) is 0.141. The summed E-state index contributed by atoms with van der Waals surface area (Å²) in [6.07, 6.45) is 0. The molecule has 0 aromatic heterocycles.